The molecule has 0 bridgehead atoms. The molecule has 0 aromatic heterocycles. The van der Waals surface area contributed by atoms with E-state index in [0.717, 1.165) is 11.1 Å². The van der Waals surface area contributed by atoms with Crippen LogP contribution in [0.5, 0.6) is 0 Å². The molecule has 1 heterocycles. The van der Waals surface area contributed by atoms with Crippen LogP contribution in [0.1, 0.15) is 17.2 Å². The maximum Gasteiger partial charge on any atom is 0.268 e. The molecule has 2 aromatic carbocycles. The maximum absolute atomic E-state index is 9.47. The van der Waals surface area contributed by atoms with Crippen LogP contribution in [0.3, 0.4) is 0 Å². The van der Waals surface area contributed by atoms with Crippen LogP contribution in [-0.4, -0.2) is 5.60 Å². The Morgan fingerprint density at radius 1 is 0.857 bits per heavy atom. The molecule has 100 valence electrons. The molecule has 1 atom stereocenters. The van der Waals surface area contributed by atoms with Crippen LogP contribution in [0.4, 0.5) is 0 Å². The maximum atomic E-state index is 9.47. The van der Waals surface area contributed by atoms with Crippen molar-refractivity contribution in [1.82, 2.24) is 0 Å². The lowest BCUT2D eigenvalue weighted by molar-refractivity contribution is 0.0527. The highest BCUT2D eigenvalue weighted by Crippen LogP contribution is 2.43. The quantitative estimate of drug-likeness (QED) is 0.838. The first kappa shape index (κ1) is 13.1. The van der Waals surface area contributed by atoms with Crippen LogP contribution in [0.15, 0.2) is 66.7 Å². The number of hydrogen-bond acceptors (Lipinski definition) is 3. The first-order valence-corrected chi connectivity index (χ1v) is 6.62. The standard InChI is InChI=1S/C18H12N2O/c19-12-18(13-20)16(14-7-3-1-4-8-14)11-17(21-18)15-9-5-2-6-10-15/h1-11,17H. The Kier molecular flexibility index (Phi) is 3.28. The second kappa shape index (κ2) is 5.25. The largest absolute Gasteiger partial charge is 0.332 e. The Balaban J connectivity index is 2.09. The summed E-state index contributed by atoms with van der Waals surface area (Å²) >= 11 is 0. The Labute approximate surface area is 123 Å². The van der Waals surface area contributed by atoms with Crippen molar-refractivity contribution in [2.24, 2.45) is 0 Å². The molecule has 0 fully saturated rings. The second-order valence-corrected chi connectivity index (χ2v) is 4.80. The van der Waals surface area contributed by atoms with E-state index in [1.165, 1.54) is 0 Å². The average molecular weight is 272 g/mol. The summed E-state index contributed by atoms with van der Waals surface area (Å²) in [5.41, 5.74) is 0.821. The van der Waals surface area contributed by atoms with Gasteiger partial charge in [0.1, 0.15) is 18.2 Å². The molecule has 3 heteroatoms. The third-order valence-electron chi connectivity index (χ3n) is 3.53. The lowest BCUT2D eigenvalue weighted by Crippen LogP contribution is -2.26. The van der Waals surface area contributed by atoms with E-state index in [1.54, 1.807) is 0 Å². The van der Waals surface area contributed by atoms with Crippen molar-refractivity contribution in [2.75, 3.05) is 0 Å². The zero-order valence-electron chi connectivity index (χ0n) is 11.2. The Morgan fingerprint density at radius 2 is 1.43 bits per heavy atom. The van der Waals surface area contributed by atoms with E-state index in [0.29, 0.717) is 5.57 Å². The molecule has 1 aliphatic heterocycles. The van der Waals surface area contributed by atoms with Crippen LogP contribution in [-0.2, 0) is 4.74 Å². The van der Waals surface area contributed by atoms with E-state index in [4.69, 9.17) is 4.74 Å². The van der Waals surface area contributed by atoms with Crippen molar-refractivity contribution >= 4 is 5.57 Å². The fourth-order valence-corrected chi connectivity index (χ4v) is 2.48. The van der Waals surface area contributed by atoms with Gasteiger partial charge in [-0.1, -0.05) is 60.7 Å². The number of benzene rings is 2. The fourth-order valence-electron chi connectivity index (χ4n) is 2.48. The second-order valence-electron chi connectivity index (χ2n) is 4.80. The van der Waals surface area contributed by atoms with Crippen molar-refractivity contribution in [1.29, 1.82) is 10.5 Å². The zero-order valence-corrected chi connectivity index (χ0v) is 11.2. The molecule has 3 nitrogen and oxygen atoms in total. The van der Waals surface area contributed by atoms with Crippen molar-refractivity contribution in [3.05, 3.63) is 77.9 Å². The molecule has 1 aliphatic rings. The van der Waals surface area contributed by atoms with E-state index in [9.17, 15) is 10.5 Å². The minimum absolute atomic E-state index is 0.388. The van der Waals surface area contributed by atoms with Gasteiger partial charge in [0.25, 0.3) is 5.60 Å². The van der Waals surface area contributed by atoms with E-state index < -0.39 is 5.60 Å². The SMILES string of the molecule is N#CC1(C#N)OC(c2ccccc2)C=C1c1ccccc1. The molecule has 0 saturated heterocycles. The molecule has 0 saturated carbocycles. The first-order valence-electron chi connectivity index (χ1n) is 6.62. The molecule has 21 heavy (non-hydrogen) atoms. The molecular formula is C18H12N2O. The molecule has 0 spiro atoms. The lowest BCUT2D eigenvalue weighted by atomic mass is 9.91. The van der Waals surface area contributed by atoms with Gasteiger partial charge < -0.3 is 4.74 Å². The van der Waals surface area contributed by atoms with Crippen LogP contribution >= 0.6 is 0 Å². The first-order chi connectivity index (χ1) is 10.3. The van der Waals surface area contributed by atoms with E-state index in [1.807, 2.05) is 78.9 Å². The third kappa shape index (κ3) is 2.21. The van der Waals surface area contributed by atoms with Crippen molar-refractivity contribution < 1.29 is 4.74 Å². The number of nitrogens with zero attached hydrogens (tertiary/aromatic N) is 2. The molecule has 0 aliphatic carbocycles. The van der Waals surface area contributed by atoms with E-state index in [-0.39, 0.29) is 6.10 Å². The summed E-state index contributed by atoms with van der Waals surface area (Å²) in [6, 6.07) is 23.1. The summed E-state index contributed by atoms with van der Waals surface area (Å²) in [6.07, 6.45) is 1.47. The van der Waals surface area contributed by atoms with Crippen LogP contribution in [0, 0.1) is 22.7 Å². The highest BCUT2D eigenvalue weighted by atomic mass is 16.5. The predicted octanol–water partition coefficient (Wildman–Crippen LogP) is 3.63. The predicted molar refractivity (Wildman–Crippen MR) is 78.6 cm³/mol. The van der Waals surface area contributed by atoms with Gasteiger partial charge in [0.2, 0.25) is 0 Å². The molecule has 1 unspecified atom stereocenters. The molecule has 0 N–H and O–H groups in total. The van der Waals surface area contributed by atoms with Crippen molar-refractivity contribution in [3.8, 4) is 12.1 Å². The van der Waals surface area contributed by atoms with Crippen LogP contribution in [0.2, 0.25) is 0 Å². The van der Waals surface area contributed by atoms with Gasteiger partial charge in [0, 0.05) is 5.57 Å². The molecule has 0 amide bonds. The Hall–Kier alpha value is -2.88. The minimum atomic E-state index is -1.55. The van der Waals surface area contributed by atoms with Gasteiger partial charge in [-0.2, -0.15) is 10.5 Å². The third-order valence-corrected chi connectivity index (χ3v) is 3.53. The molecule has 0 radical (unpaired) electrons. The molecule has 2 aromatic rings. The minimum Gasteiger partial charge on any atom is -0.332 e. The van der Waals surface area contributed by atoms with Gasteiger partial charge in [-0.25, -0.2) is 0 Å². The summed E-state index contributed by atoms with van der Waals surface area (Å²) in [7, 11) is 0. The van der Waals surface area contributed by atoms with Gasteiger partial charge in [0.15, 0.2) is 0 Å². The van der Waals surface area contributed by atoms with E-state index >= 15 is 0 Å². The summed E-state index contributed by atoms with van der Waals surface area (Å²) in [6.45, 7) is 0. The number of hydrogen-bond donors (Lipinski definition) is 0. The average Bonchev–Trinajstić information content (AvgIpc) is 2.97. The van der Waals surface area contributed by atoms with Gasteiger partial charge in [-0.05, 0) is 17.2 Å². The monoisotopic (exact) mass is 272 g/mol. The van der Waals surface area contributed by atoms with Crippen molar-refractivity contribution in [3.63, 3.8) is 0 Å². The fraction of sp³-hybridized carbons (Fsp3) is 0.111. The van der Waals surface area contributed by atoms with Gasteiger partial charge in [-0.15, -0.1) is 0 Å². The number of ether oxygens (including phenoxy) is 1. The summed E-state index contributed by atoms with van der Waals surface area (Å²) in [5.74, 6) is 0. The van der Waals surface area contributed by atoms with Gasteiger partial charge in [0.05, 0.1) is 0 Å². The smallest absolute Gasteiger partial charge is 0.268 e. The topological polar surface area (TPSA) is 56.8 Å². The van der Waals surface area contributed by atoms with Crippen LogP contribution in [0.25, 0.3) is 5.57 Å². The number of nitriles is 2. The molecule has 3 rings (SSSR count). The van der Waals surface area contributed by atoms with Gasteiger partial charge in [-0.3, -0.25) is 0 Å². The normalized spacial score (nSPS) is 19.3. The zero-order chi connectivity index (χ0) is 14.7. The summed E-state index contributed by atoms with van der Waals surface area (Å²) in [4.78, 5) is 0. The molecular weight excluding hydrogens is 260 g/mol. The van der Waals surface area contributed by atoms with E-state index in [2.05, 4.69) is 0 Å². The number of rotatable bonds is 2. The lowest BCUT2D eigenvalue weighted by Gasteiger charge is -2.18. The van der Waals surface area contributed by atoms with Gasteiger partial charge >= 0.3 is 0 Å². The highest BCUT2D eigenvalue weighted by Gasteiger charge is 2.44. The highest BCUT2D eigenvalue weighted by molar-refractivity contribution is 5.80. The summed E-state index contributed by atoms with van der Waals surface area (Å²) in [5, 5.41) is 18.9. The Bertz CT molecular complexity index is 737. The van der Waals surface area contributed by atoms with Crippen molar-refractivity contribution in [2.45, 2.75) is 11.7 Å². The summed E-state index contributed by atoms with van der Waals surface area (Å²) < 4.78 is 5.79. The Morgan fingerprint density at radius 3 is 2.00 bits per heavy atom. The van der Waals surface area contributed by atoms with Crippen LogP contribution < -0.4 is 0 Å².